The molecule has 0 amide bonds. The molecule has 0 bridgehead atoms. The van der Waals surface area contributed by atoms with Gasteiger partial charge in [-0.2, -0.15) is 0 Å². The number of aromatic nitrogens is 1. The lowest BCUT2D eigenvalue weighted by atomic mass is 10.1. The zero-order valence-corrected chi connectivity index (χ0v) is 8.81. The van der Waals surface area contributed by atoms with E-state index >= 15 is 0 Å². The summed E-state index contributed by atoms with van der Waals surface area (Å²) in [4.78, 5) is 24.8. The number of carbonyl (C=O) groups is 1. The van der Waals surface area contributed by atoms with Crippen LogP contribution in [0.2, 0.25) is 0 Å². The Kier molecular flexibility index (Phi) is 2.74. The summed E-state index contributed by atoms with van der Waals surface area (Å²) in [7, 11) is 0. The topological polar surface area (TPSA) is 73.1 Å². The predicted molar refractivity (Wildman–Crippen MR) is 59.6 cm³/mol. The maximum atomic E-state index is 10.7. The summed E-state index contributed by atoms with van der Waals surface area (Å²) in [5.41, 5.74) is 0.528. The van der Waals surface area contributed by atoms with E-state index in [2.05, 4.69) is 4.98 Å². The molecule has 1 aromatic carbocycles. The van der Waals surface area contributed by atoms with Crippen LogP contribution < -0.4 is 0 Å². The van der Waals surface area contributed by atoms with Gasteiger partial charge in [0, 0.05) is 23.2 Å². The highest BCUT2D eigenvalue weighted by molar-refractivity contribution is 7.13. The molecule has 0 aliphatic carbocycles. The van der Waals surface area contributed by atoms with Crippen LogP contribution >= 0.6 is 11.3 Å². The van der Waals surface area contributed by atoms with Gasteiger partial charge >= 0.3 is 0 Å². The highest BCUT2D eigenvalue weighted by atomic mass is 32.1. The van der Waals surface area contributed by atoms with Crippen LogP contribution in [0.4, 0.5) is 5.69 Å². The molecule has 5 nitrogen and oxygen atoms in total. The Bertz CT molecular complexity index is 537. The molecule has 1 aromatic heterocycles. The molecule has 0 unspecified atom stereocenters. The first kappa shape index (κ1) is 10.4. The normalized spacial score (nSPS) is 10.0. The van der Waals surface area contributed by atoms with Crippen molar-refractivity contribution in [1.29, 1.82) is 0 Å². The maximum absolute atomic E-state index is 10.7. The van der Waals surface area contributed by atoms with Gasteiger partial charge < -0.3 is 0 Å². The molecule has 0 saturated heterocycles. The summed E-state index contributed by atoms with van der Waals surface area (Å²) in [6, 6.07) is 4.44. The first-order chi connectivity index (χ1) is 7.72. The number of benzene rings is 1. The van der Waals surface area contributed by atoms with E-state index in [1.54, 1.807) is 17.6 Å². The number of nitro benzene ring substituents is 1. The molecule has 0 aliphatic heterocycles. The summed E-state index contributed by atoms with van der Waals surface area (Å²) in [6.07, 6.45) is 2.10. The lowest BCUT2D eigenvalue weighted by Gasteiger charge is -1.98. The van der Waals surface area contributed by atoms with Gasteiger partial charge in [-0.05, 0) is 6.07 Å². The van der Waals surface area contributed by atoms with Gasteiger partial charge in [0.15, 0.2) is 6.29 Å². The van der Waals surface area contributed by atoms with Crippen molar-refractivity contribution in [3.8, 4) is 10.6 Å². The lowest BCUT2D eigenvalue weighted by Crippen LogP contribution is -1.94. The molecule has 0 fully saturated rings. The number of thiazole rings is 1. The Morgan fingerprint density at radius 3 is 2.81 bits per heavy atom. The van der Waals surface area contributed by atoms with Crippen molar-refractivity contribution in [2.24, 2.45) is 0 Å². The largest absolute Gasteiger partial charge is 0.298 e. The van der Waals surface area contributed by atoms with Crippen molar-refractivity contribution in [2.45, 2.75) is 0 Å². The molecule has 0 atom stereocenters. The van der Waals surface area contributed by atoms with Gasteiger partial charge in [0.2, 0.25) is 0 Å². The summed E-state index contributed by atoms with van der Waals surface area (Å²) >= 11 is 1.39. The zero-order chi connectivity index (χ0) is 11.5. The fourth-order valence-corrected chi connectivity index (χ4v) is 1.94. The Balaban J connectivity index is 2.55. The minimum Gasteiger partial charge on any atom is -0.298 e. The van der Waals surface area contributed by atoms with Crippen molar-refractivity contribution < 1.29 is 9.72 Å². The molecule has 0 aliphatic rings. The monoisotopic (exact) mass is 234 g/mol. The van der Waals surface area contributed by atoms with Crippen molar-refractivity contribution in [3.05, 3.63) is 45.5 Å². The van der Waals surface area contributed by atoms with E-state index in [0.717, 1.165) is 0 Å². The second kappa shape index (κ2) is 4.19. The lowest BCUT2D eigenvalue weighted by molar-refractivity contribution is -0.385. The van der Waals surface area contributed by atoms with E-state index in [1.807, 2.05) is 0 Å². The molecule has 0 saturated carbocycles. The molecular formula is C10H6N2O3S. The van der Waals surface area contributed by atoms with E-state index in [9.17, 15) is 14.9 Å². The Morgan fingerprint density at radius 1 is 1.44 bits per heavy atom. The van der Waals surface area contributed by atoms with E-state index in [0.29, 0.717) is 16.9 Å². The van der Waals surface area contributed by atoms with Crippen LogP contribution in [-0.2, 0) is 0 Å². The molecular weight excluding hydrogens is 228 g/mol. The summed E-state index contributed by atoms with van der Waals surface area (Å²) in [5, 5.41) is 13.2. The molecule has 2 rings (SSSR count). The van der Waals surface area contributed by atoms with E-state index in [4.69, 9.17) is 0 Å². The van der Waals surface area contributed by atoms with Crippen LogP contribution in [0, 0.1) is 10.1 Å². The van der Waals surface area contributed by atoms with Gasteiger partial charge in [-0.1, -0.05) is 6.07 Å². The molecule has 0 radical (unpaired) electrons. The van der Waals surface area contributed by atoms with Gasteiger partial charge in [0.1, 0.15) is 5.01 Å². The molecule has 80 valence electrons. The molecule has 0 N–H and O–H groups in total. The highest BCUT2D eigenvalue weighted by Gasteiger charge is 2.15. The van der Waals surface area contributed by atoms with Crippen molar-refractivity contribution in [3.63, 3.8) is 0 Å². The average molecular weight is 234 g/mol. The fraction of sp³-hybridized carbons (Fsp3) is 0. The number of hydrogen-bond acceptors (Lipinski definition) is 5. The first-order valence-corrected chi connectivity index (χ1v) is 5.24. The van der Waals surface area contributed by atoms with Gasteiger partial charge in [-0.15, -0.1) is 11.3 Å². The molecule has 1 heterocycles. The molecule has 16 heavy (non-hydrogen) atoms. The van der Waals surface area contributed by atoms with Crippen LogP contribution in [0.15, 0.2) is 29.8 Å². The minimum atomic E-state index is -0.569. The fourth-order valence-electron chi connectivity index (χ4n) is 1.30. The van der Waals surface area contributed by atoms with Gasteiger partial charge in [0.25, 0.3) is 5.69 Å². The summed E-state index contributed by atoms with van der Waals surface area (Å²) < 4.78 is 0. The molecule has 6 heteroatoms. The second-order valence-electron chi connectivity index (χ2n) is 2.99. The number of rotatable bonds is 3. The van der Waals surface area contributed by atoms with Crippen LogP contribution in [-0.4, -0.2) is 16.2 Å². The van der Waals surface area contributed by atoms with Gasteiger partial charge in [0.05, 0.1) is 10.5 Å². The average Bonchev–Trinajstić information content (AvgIpc) is 2.81. The predicted octanol–water partition coefficient (Wildman–Crippen LogP) is 2.53. The third-order valence-corrected chi connectivity index (χ3v) is 2.86. The van der Waals surface area contributed by atoms with Gasteiger partial charge in [-0.25, -0.2) is 4.98 Å². The minimum absolute atomic E-state index is 0.0744. The Hall–Kier alpha value is -2.08. The van der Waals surface area contributed by atoms with Crippen molar-refractivity contribution in [1.82, 2.24) is 4.98 Å². The summed E-state index contributed by atoms with van der Waals surface area (Å²) in [5.74, 6) is 0. The third kappa shape index (κ3) is 1.82. The zero-order valence-electron chi connectivity index (χ0n) is 7.99. The standard InChI is InChI=1S/C10H6N2O3S/c13-6-8-2-1-7(5-9(8)12(14)15)10-11-3-4-16-10/h1-6H. The smallest absolute Gasteiger partial charge is 0.280 e. The van der Waals surface area contributed by atoms with E-state index in [-0.39, 0.29) is 11.3 Å². The Morgan fingerprint density at radius 2 is 2.25 bits per heavy atom. The van der Waals surface area contributed by atoms with Crippen molar-refractivity contribution in [2.75, 3.05) is 0 Å². The van der Waals surface area contributed by atoms with Crippen LogP contribution in [0.3, 0.4) is 0 Å². The van der Waals surface area contributed by atoms with E-state index < -0.39 is 4.92 Å². The van der Waals surface area contributed by atoms with Crippen LogP contribution in [0.5, 0.6) is 0 Å². The van der Waals surface area contributed by atoms with Crippen LogP contribution in [0.25, 0.3) is 10.6 Å². The quantitative estimate of drug-likeness (QED) is 0.464. The number of aldehydes is 1. The van der Waals surface area contributed by atoms with Crippen molar-refractivity contribution >= 4 is 23.3 Å². The number of hydrogen-bond donors (Lipinski definition) is 0. The third-order valence-electron chi connectivity index (χ3n) is 2.03. The van der Waals surface area contributed by atoms with Crippen LogP contribution in [0.1, 0.15) is 10.4 Å². The number of carbonyl (C=O) groups excluding carboxylic acids is 1. The first-order valence-electron chi connectivity index (χ1n) is 4.36. The summed E-state index contributed by atoms with van der Waals surface area (Å²) in [6.45, 7) is 0. The maximum Gasteiger partial charge on any atom is 0.280 e. The second-order valence-corrected chi connectivity index (χ2v) is 3.88. The van der Waals surface area contributed by atoms with Gasteiger partial charge in [-0.3, -0.25) is 14.9 Å². The highest BCUT2D eigenvalue weighted by Crippen LogP contribution is 2.27. The number of nitrogens with zero attached hydrogens (tertiary/aromatic N) is 2. The number of nitro groups is 1. The molecule has 2 aromatic rings. The SMILES string of the molecule is O=Cc1ccc(-c2nccs2)cc1[N+](=O)[O-]. The Labute approximate surface area is 94.5 Å². The molecule has 0 spiro atoms. The van der Waals surface area contributed by atoms with E-state index in [1.165, 1.54) is 23.5 Å².